The molecular weight excluding hydrogens is 346 g/mol. The molecule has 1 saturated heterocycles. The zero-order chi connectivity index (χ0) is 19.1. The van der Waals surface area contributed by atoms with Gasteiger partial charge < -0.3 is 5.32 Å². The molecule has 0 aliphatic carbocycles. The first kappa shape index (κ1) is 19.5. The number of benzene rings is 2. The lowest BCUT2D eigenvalue weighted by atomic mass is 10.0. The van der Waals surface area contributed by atoms with Crippen molar-refractivity contribution in [2.45, 2.75) is 38.1 Å². The molecule has 144 valence electrons. The van der Waals surface area contributed by atoms with Crippen LogP contribution >= 0.6 is 0 Å². The van der Waals surface area contributed by atoms with Gasteiger partial charge in [-0.15, -0.1) is 0 Å². The summed E-state index contributed by atoms with van der Waals surface area (Å²) in [5, 5.41) is 3.03. The van der Waals surface area contributed by atoms with Crippen LogP contribution in [0.1, 0.15) is 42.9 Å². The summed E-state index contributed by atoms with van der Waals surface area (Å²) in [6.45, 7) is 2.53. The summed E-state index contributed by atoms with van der Waals surface area (Å²) in [6.07, 6.45) is 4.23. The van der Waals surface area contributed by atoms with E-state index >= 15 is 0 Å². The van der Waals surface area contributed by atoms with E-state index in [0.717, 1.165) is 49.9 Å². The summed E-state index contributed by atoms with van der Waals surface area (Å²) >= 11 is 0. The van der Waals surface area contributed by atoms with Crippen LogP contribution in [-0.2, 0) is 11.2 Å². The second-order valence-corrected chi connectivity index (χ2v) is 7.09. The number of nitrogens with one attached hydrogen (secondary N) is 1. The van der Waals surface area contributed by atoms with E-state index in [0.29, 0.717) is 13.0 Å². The lowest BCUT2D eigenvalue weighted by Gasteiger charge is -2.28. The predicted molar refractivity (Wildman–Crippen MR) is 102 cm³/mol. The molecule has 1 aliphatic rings. The monoisotopic (exact) mass is 372 g/mol. The Kier molecular flexibility index (Phi) is 6.93. The molecule has 2 aromatic carbocycles. The number of hydrogen-bond acceptors (Lipinski definition) is 2. The zero-order valence-corrected chi connectivity index (χ0v) is 15.5. The molecule has 5 heteroatoms. The van der Waals surface area contributed by atoms with Crippen LogP contribution in [0.25, 0.3) is 0 Å². The summed E-state index contributed by atoms with van der Waals surface area (Å²) in [4.78, 5) is 14.6. The summed E-state index contributed by atoms with van der Waals surface area (Å²) in [5.41, 5.74) is 2.07. The number of carbonyl (C=O) groups is 1. The molecule has 0 radical (unpaired) electrons. The third kappa shape index (κ3) is 5.86. The lowest BCUT2D eigenvalue weighted by molar-refractivity contribution is -0.121. The van der Waals surface area contributed by atoms with Crippen LogP contribution in [0.2, 0.25) is 0 Å². The maximum Gasteiger partial charge on any atom is 0.220 e. The number of halogens is 2. The summed E-state index contributed by atoms with van der Waals surface area (Å²) < 4.78 is 26.2. The molecule has 2 aromatic rings. The number of amides is 1. The normalized spacial score (nSPS) is 15.6. The minimum atomic E-state index is -0.247. The molecule has 1 amide bonds. The highest BCUT2D eigenvalue weighted by atomic mass is 19.1. The minimum absolute atomic E-state index is 0.0171. The van der Waals surface area contributed by atoms with Crippen molar-refractivity contribution in [1.82, 2.24) is 10.2 Å². The summed E-state index contributed by atoms with van der Waals surface area (Å²) in [5.74, 6) is -0.475. The number of hydrogen-bond donors (Lipinski definition) is 1. The van der Waals surface area contributed by atoms with Crippen molar-refractivity contribution < 1.29 is 13.6 Å². The topological polar surface area (TPSA) is 32.3 Å². The number of rotatable bonds is 8. The molecule has 1 fully saturated rings. The standard InChI is InChI=1S/C22H26F2N2O/c23-19-10-6-17(7-11-19)4-3-5-22(27)25-16-21(26-14-1-2-15-26)18-8-12-20(24)13-9-18/h6-13,21H,1-5,14-16H2,(H,25,27). The van der Waals surface area contributed by atoms with Gasteiger partial charge in [-0.3, -0.25) is 9.69 Å². The number of aryl methyl sites for hydroxylation is 1. The van der Waals surface area contributed by atoms with Gasteiger partial charge in [-0.2, -0.15) is 0 Å². The van der Waals surface area contributed by atoms with Gasteiger partial charge >= 0.3 is 0 Å². The Labute approximate surface area is 159 Å². The molecule has 0 saturated carbocycles. The Bertz CT molecular complexity index is 725. The molecule has 1 unspecified atom stereocenters. The average Bonchev–Trinajstić information content (AvgIpc) is 3.19. The molecule has 3 rings (SSSR count). The van der Waals surface area contributed by atoms with Crippen LogP contribution in [0.3, 0.4) is 0 Å². The van der Waals surface area contributed by atoms with Crippen LogP contribution in [0.4, 0.5) is 8.78 Å². The third-order valence-electron chi connectivity index (χ3n) is 5.11. The molecular formula is C22H26F2N2O. The molecule has 27 heavy (non-hydrogen) atoms. The number of likely N-dealkylation sites (tertiary alicyclic amines) is 1. The molecule has 1 N–H and O–H groups in total. The van der Waals surface area contributed by atoms with Crippen molar-refractivity contribution in [2.75, 3.05) is 19.6 Å². The van der Waals surface area contributed by atoms with Crippen LogP contribution in [0, 0.1) is 11.6 Å². The SMILES string of the molecule is O=C(CCCc1ccc(F)cc1)NCC(c1ccc(F)cc1)N1CCCC1. The first-order valence-corrected chi connectivity index (χ1v) is 9.62. The van der Waals surface area contributed by atoms with E-state index in [9.17, 15) is 13.6 Å². The second kappa shape index (κ2) is 9.60. The van der Waals surface area contributed by atoms with Crippen LogP contribution in [-0.4, -0.2) is 30.4 Å². The van der Waals surface area contributed by atoms with Crippen LogP contribution in [0.5, 0.6) is 0 Å². The van der Waals surface area contributed by atoms with Crippen LogP contribution < -0.4 is 5.32 Å². The van der Waals surface area contributed by atoms with Gasteiger partial charge in [-0.25, -0.2) is 8.78 Å². The third-order valence-corrected chi connectivity index (χ3v) is 5.11. The molecule has 0 spiro atoms. The lowest BCUT2D eigenvalue weighted by Crippen LogP contribution is -2.36. The van der Waals surface area contributed by atoms with Crippen LogP contribution in [0.15, 0.2) is 48.5 Å². The highest BCUT2D eigenvalue weighted by Gasteiger charge is 2.23. The average molecular weight is 372 g/mol. The Morgan fingerprint density at radius 1 is 0.963 bits per heavy atom. The van der Waals surface area contributed by atoms with Gasteiger partial charge in [0.05, 0.1) is 6.04 Å². The smallest absolute Gasteiger partial charge is 0.220 e. The van der Waals surface area contributed by atoms with E-state index in [4.69, 9.17) is 0 Å². The van der Waals surface area contributed by atoms with Gasteiger partial charge in [0.2, 0.25) is 5.91 Å². The molecule has 1 aliphatic heterocycles. The molecule has 3 nitrogen and oxygen atoms in total. The van der Waals surface area contributed by atoms with E-state index in [1.54, 1.807) is 24.3 Å². The van der Waals surface area contributed by atoms with Gasteiger partial charge in [0.25, 0.3) is 0 Å². The fourth-order valence-corrected chi connectivity index (χ4v) is 3.60. The Morgan fingerprint density at radius 2 is 1.56 bits per heavy atom. The quantitative estimate of drug-likeness (QED) is 0.752. The van der Waals surface area contributed by atoms with Crippen molar-refractivity contribution >= 4 is 5.91 Å². The second-order valence-electron chi connectivity index (χ2n) is 7.09. The van der Waals surface area contributed by atoms with Gasteiger partial charge in [-0.05, 0) is 74.2 Å². The Balaban J connectivity index is 1.49. The van der Waals surface area contributed by atoms with E-state index in [1.165, 1.54) is 24.3 Å². The van der Waals surface area contributed by atoms with Crippen molar-refractivity contribution in [3.63, 3.8) is 0 Å². The van der Waals surface area contributed by atoms with Gasteiger partial charge in [0, 0.05) is 13.0 Å². The van der Waals surface area contributed by atoms with E-state index in [1.807, 2.05) is 0 Å². The van der Waals surface area contributed by atoms with Gasteiger partial charge in [-0.1, -0.05) is 24.3 Å². The van der Waals surface area contributed by atoms with E-state index in [2.05, 4.69) is 10.2 Å². The largest absolute Gasteiger partial charge is 0.354 e. The molecule has 1 atom stereocenters. The van der Waals surface area contributed by atoms with Gasteiger partial charge in [0.15, 0.2) is 0 Å². The fraction of sp³-hybridized carbons (Fsp3) is 0.409. The summed E-state index contributed by atoms with van der Waals surface area (Å²) in [7, 11) is 0. The number of nitrogens with zero attached hydrogens (tertiary/aromatic N) is 1. The van der Waals surface area contributed by atoms with Crippen molar-refractivity contribution in [2.24, 2.45) is 0 Å². The first-order chi connectivity index (χ1) is 13.1. The fourth-order valence-electron chi connectivity index (χ4n) is 3.60. The summed E-state index contributed by atoms with van der Waals surface area (Å²) in [6, 6.07) is 13.0. The zero-order valence-electron chi connectivity index (χ0n) is 15.5. The molecule has 0 aromatic heterocycles. The van der Waals surface area contributed by atoms with Crippen molar-refractivity contribution in [3.05, 3.63) is 71.3 Å². The van der Waals surface area contributed by atoms with Gasteiger partial charge in [0.1, 0.15) is 11.6 Å². The number of carbonyl (C=O) groups excluding carboxylic acids is 1. The van der Waals surface area contributed by atoms with E-state index in [-0.39, 0.29) is 23.6 Å². The Morgan fingerprint density at radius 3 is 2.19 bits per heavy atom. The molecule has 0 bridgehead atoms. The highest BCUT2D eigenvalue weighted by molar-refractivity contribution is 5.75. The van der Waals surface area contributed by atoms with E-state index < -0.39 is 0 Å². The first-order valence-electron chi connectivity index (χ1n) is 9.62. The Hall–Kier alpha value is -2.27. The maximum atomic E-state index is 13.2. The minimum Gasteiger partial charge on any atom is -0.354 e. The maximum absolute atomic E-state index is 13.2. The van der Waals surface area contributed by atoms with Crippen molar-refractivity contribution in [3.8, 4) is 0 Å². The highest BCUT2D eigenvalue weighted by Crippen LogP contribution is 2.24. The van der Waals surface area contributed by atoms with Crippen molar-refractivity contribution in [1.29, 1.82) is 0 Å². The predicted octanol–water partition coefficient (Wildman–Crippen LogP) is 4.24. The molecule has 1 heterocycles.